The Morgan fingerprint density at radius 2 is 1.61 bits per heavy atom. The molecule has 2 aromatic carbocycles. The molecule has 1 heterocycles. The van der Waals surface area contributed by atoms with E-state index >= 15 is 0 Å². The highest BCUT2D eigenvalue weighted by Gasteiger charge is 2.24. The van der Waals surface area contributed by atoms with Crippen LogP contribution in [0.25, 0.3) is 22.4 Å². The first-order valence-corrected chi connectivity index (χ1v) is 8.62. The van der Waals surface area contributed by atoms with Crippen molar-refractivity contribution >= 4 is 5.82 Å². The molecule has 0 fully saturated rings. The molecule has 0 radical (unpaired) electrons. The number of benzene rings is 2. The second-order valence-electron chi connectivity index (χ2n) is 6.08. The van der Waals surface area contributed by atoms with Gasteiger partial charge in [-0.25, -0.2) is 4.98 Å². The Morgan fingerprint density at radius 3 is 2.18 bits per heavy atom. The fourth-order valence-corrected chi connectivity index (χ4v) is 3.32. The smallest absolute Gasteiger partial charge is 0.203 e. The number of nitriles is 1. The fourth-order valence-electron chi connectivity index (χ4n) is 3.32. The fraction of sp³-hybridized carbons (Fsp3) is 0.182. The van der Waals surface area contributed by atoms with Gasteiger partial charge < -0.3 is 19.9 Å². The van der Waals surface area contributed by atoms with Crippen molar-refractivity contribution in [2.75, 3.05) is 27.1 Å². The maximum absolute atomic E-state index is 9.77. The van der Waals surface area contributed by atoms with E-state index in [9.17, 15) is 5.26 Å². The zero-order valence-electron chi connectivity index (χ0n) is 16.2. The molecule has 3 aromatic rings. The van der Waals surface area contributed by atoms with Crippen LogP contribution in [-0.4, -0.2) is 26.3 Å². The van der Waals surface area contributed by atoms with E-state index in [1.165, 1.54) is 0 Å². The number of pyridine rings is 1. The highest BCUT2D eigenvalue weighted by atomic mass is 16.5. The number of hydrogen-bond donors (Lipinski definition) is 1. The van der Waals surface area contributed by atoms with Crippen molar-refractivity contribution in [2.45, 2.75) is 6.92 Å². The van der Waals surface area contributed by atoms with E-state index in [1.54, 1.807) is 27.4 Å². The van der Waals surface area contributed by atoms with E-state index in [4.69, 9.17) is 19.9 Å². The van der Waals surface area contributed by atoms with Gasteiger partial charge in [0, 0.05) is 16.7 Å². The molecule has 2 N–H and O–H groups in total. The summed E-state index contributed by atoms with van der Waals surface area (Å²) in [4.78, 5) is 4.49. The van der Waals surface area contributed by atoms with Gasteiger partial charge in [0.2, 0.25) is 5.75 Å². The number of nitrogens with two attached hydrogens (primary N) is 1. The van der Waals surface area contributed by atoms with Crippen LogP contribution in [0.5, 0.6) is 17.2 Å². The molecule has 6 heteroatoms. The number of nitrogen functional groups attached to an aromatic ring is 1. The van der Waals surface area contributed by atoms with E-state index in [0.29, 0.717) is 39.6 Å². The van der Waals surface area contributed by atoms with E-state index in [-0.39, 0.29) is 5.82 Å². The lowest BCUT2D eigenvalue weighted by molar-refractivity contribution is 0.325. The molecule has 0 atom stereocenters. The number of methoxy groups -OCH3 is 3. The topological polar surface area (TPSA) is 90.4 Å². The van der Waals surface area contributed by atoms with Crippen LogP contribution in [0.1, 0.15) is 11.1 Å². The van der Waals surface area contributed by atoms with Gasteiger partial charge in [-0.15, -0.1) is 0 Å². The minimum absolute atomic E-state index is 0.166. The Hall–Kier alpha value is -3.72. The van der Waals surface area contributed by atoms with Gasteiger partial charge in [0.05, 0.1) is 27.0 Å². The van der Waals surface area contributed by atoms with Gasteiger partial charge in [-0.3, -0.25) is 0 Å². The molecule has 0 amide bonds. The number of rotatable bonds is 5. The molecular weight excluding hydrogens is 354 g/mol. The Balaban J connectivity index is 2.40. The monoisotopic (exact) mass is 375 g/mol. The van der Waals surface area contributed by atoms with Crippen LogP contribution in [-0.2, 0) is 0 Å². The van der Waals surface area contributed by atoms with E-state index in [0.717, 1.165) is 11.1 Å². The summed E-state index contributed by atoms with van der Waals surface area (Å²) in [6.07, 6.45) is 0. The molecule has 0 bridgehead atoms. The number of anilines is 1. The van der Waals surface area contributed by atoms with E-state index in [1.807, 2.05) is 43.3 Å². The van der Waals surface area contributed by atoms with Gasteiger partial charge in [0.15, 0.2) is 11.5 Å². The van der Waals surface area contributed by atoms with Crippen molar-refractivity contribution in [1.29, 1.82) is 5.26 Å². The summed E-state index contributed by atoms with van der Waals surface area (Å²) >= 11 is 0. The van der Waals surface area contributed by atoms with Crippen molar-refractivity contribution in [1.82, 2.24) is 4.98 Å². The Morgan fingerprint density at radius 1 is 0.929 bits per heavy atom. The lowest BCUT2D eigenvalue weighted by Crippen LogP contribution is -2.05. The predicted octanol–water partition coefficient (Wildman–Crippen LogP) is 4.20. The average Bonchev–Trinajstić information content (AvgIpc) is 2.74. The second kappa shape index (κ2) is 7.89. The first-order chi connectivity index (χ1) is 13.6. The first-order valence-electron chi connectivity index (χ1n) is 8.62. The van der Waals surface area contributed by atoms with Crippen molar-refractivity contribution in [3.63, 3.8) is 0 Å². The van der Waals surface area contributed by atoms with Gasteiger partial charge >= 0.3 is 0 Å². The minimum Gasteiger partial charge on any atom is -0.493 e. The quantitative estimate of drug-likeness (QED) is 0.719. The normalized spacial score (nSPS) is 10.2. The van der Waals surface area contributed by atoms with Crippen molar-refractivity contribution in [3.05, 3.63) is 53.6 Å². The third-order valence-electron chi connectivity index (χ3n) is 4.60. The highest BCUT2D eigenvalue weighted by molar-refractivity contribution is 5.88. The lowest BCUT2D eigenvalue weighted by Gasteiger charge is -2.19. The third-order valence-corrected chi connectivity index (χ3v) is 4.60. The van der Waals surface area contributed by atoms with Gasteiger partial charge in [-0.1, -0.05) is 30.3 Å². The molecule has 1 aromatic heterocycles. The van der Waals surface area contributed by atoms with Gasteiger partial charge in [-0.05, 0) is 24.6 Å². The van der Waals surface area contributed by atoms with Crippen LogP contribution in [0.15, 0.2) is 42.5 Å². The van der Waals surface area contributed by atoms with Crippen LogP contribution < -0.4 is 19.9 Å². The molecule has 0 unspecified atom stereocenters. The highest BCUT2D eigenvalue weighted by Crippen LogP contribution is 2.47. The van der Waals surface area contributed by atoms with Crippen LogP contribution in [0.2, 0.25) is 0 Å². The number of aromatic nitrogens is 1. The first kappa shape index (κ1) is 19.1. The van der Waals surface area contributed by atoms with Crippen molar-refractivity contribution < 1.29 is 14.2 Å². The van der Waals surface area contributed by atoms with E-state index in [2.05, 4.69) is 11.1 Å². The molecule has 28 heavy (non-hydrogen) atoms. The number of hydrogen-bond acceptors (Lipinski definition) is 6. The maximum atomic E-state index is 9.77. The van der Waals surface area contributed by atoms with Crippen LogP contribution in [0, 0.1) is 18.3 Å². The lowest BCUT2D eigenvalue weighted by atomic mass is 9.92. The Kier molecular flexibility index (Phi) is 5.37. The van der Waals surface area contributed by atoms with Crippen molar-refractivity contribution in [2.24, 2.45) is 0 Å². The summed E-state index contributed by atoms with van der Waals surface area (Å²) in [7, 11) is 4.64. The zero-order valence-corrected chi connectivity index (χ0v) is 16.2. The third kappa shape index (κ3) is 3.08. The maximum Gasteiger partial charge on any atom is 0.203 e. The predicted molar refractivity (Wildman–Crippen MR) is 109 cm³/mol. The van der Waals surface area contributed by atoms with Crippen molar-refractivity contribution in [3.8, 4) is 45.7 Å². The second-order valence-corrected chi connectivity index (χ2v) is 6.08. The standard InChI is InChI=1S/C22H21N3O3/c1-13-18(15-10-11-17(26-2)21(28-4)20(15)27-3)16(12-23)22(24)25-19(13)14-8-6-5-7-9-14/h5-11H,1-4H3,(H2,24,25). The van der Waals surface area contributed by atoms with E-state index < -0.39 is 0 Å². The number of ether oxygens (including phenoxy) is 3. The van der Waals surface area contributed by atoms with Gasteiger partial charge in [0.1, 0.15) is 17.5 Å². The SMILES string of the molecule is COc1ccc(-c2c(C)c(-c3ccccc3)nc(N)c2C#N)c(OC)c1OC. The molecule has 0 aliphatic carbocycles. The number of nitrogens with zero attached hydrogens (tertiary/aromatic N) is 2. The minimum atomic E-state index is 0.166. The zero-order chi connectivity index (χ0) is 20.3. The largest absolute Gasteiger partial charge is 0.493 e. The van der Waals surface area contributed by atoms with Gasteiger partial charge in [-0.2, -0.15) is 5.26 Å². The molecule has 6 nitrogen and oxygen atoms in total. The molecule has 142 valence electrons. The summed E-state index contributed by atoms with van der Waals surface area (Å²) < 4.78 is 16.5. The molecule has 0 spiro atoms. The average molecular weight is 375 g/mol. The summed E-state index contributed by atoms with van der Waals surface area (Å²) in [6, 6.07) is 15.5. The Labute approximate surface area is 164 Å². The molecule has 3 rings (SSSR count). The van der Waals surface area contributed by atoms with Crippen LogP contribution >= 0.6 is 0 Å². The van der Waals surface area contributed by atoms with Gasteiger partial charge in [0.25, 0.3) is 0 Å². The summed E-state index contributed by atoms with van der Waals surface area (Å²) in [5.41, 5.74) is 10.2. The molecule has 0 aliphatic heterocycles. The Bertz CT molecular complexity index is 1060. The molecule has 0 saturated heterocycles. The summed E-state index contributed by atoms with van der Waals surface area (Å²) in [5, 5.41) is 9.77. The summed E-state index contributed by atoms with van der Waals surface area (Å²) in [5.74, 6) is 1.61. The summed E-state index contributed by atoms with van der Waals surface area (Å²) in [6.45, 7) is 1.92. The van der Waals surface area contributed by atoms with Crippen LogP contribution in [0.4, 0.5) is 5.82 Å². The molecule has 0 saturated carbocycles. The molecule has 0 aliphatic rings. The van der Waals surface area contributed by atoms with Crippen LogP contribution in [0.3, 0.4) is 0 Å². The molecular formula is C22H21N3O3.